The zero-order valence-electron chi connectivity index (χ0n) is 14.7. The van der Waals surface area contributed by atoms with Crippen molar-refractivity contribution in [1.82, 2.24) is 4.90 Å². The van der Waals surface area contributed by atoms with Gasteiger partial charge in [0, 0.05) is 18.7 Å². The third-order valence-electron chi connectivity index (χ3n) is 3.78. The van der Waals surface area contributed by atoms with Crippen LogP contribution in [0.2, 0.25) is 0 Å². The number of carbonyl (C=O) groups is 3. The van der Waals surface area contributed by atoms with E-state index in [1.54, 1.807) is 36.1 Å². The van der Waals surface area contributed by atoms with Crippen molar-refractivity contribution in [2.24, 2.45) is 0 Å². The van der Waals surface area contributed by atoms with Gasteiger partial charge in [0.2, 0.25) is 11.8 Å². The summed E-state index contributed by atoms with van der Waals surface area (Å²) >= 11 is 6.53. The lowest BCUT2D eigenvalue weighted by Gasteiger charge is -2.14. The number of thiocarbonyl (C=S) groups is 1. The molecular weight excluding hydrogens is 372 g/mol. The highest BCUT2D eigenvalue weighted by Gasteiger charge is 2.25. The first-order valence-corrected chi connectivity index (χ1v) is 9.94. The fourth-order valence-corrected chi connectivity index (χ4v) is 3.61. The highest BCUT2D eigenvalue weighted by Crippen LogP contribution is 2.20. The molecule has 1 aliphatic heterocycles. The van der Waals surface area contributed by atoms with Crippen molar-refractivity contribution in [3.63, 3.8) is 0 Å². The average Bonchev–Trinajstić information content (AvgIpc) is 2.93. The Balaban J connectivity index is 1.69. The minimum absolute atomic E-state index is 0.0687. The predicted octanol–water partition coefficient (Wildman–Crippen LogP) is 3.22. The molecule has 1 N–H and O–H groups in total. The van der Waals surface area contributed by atoms with Crippen molar-refractivity contribution in [1.29, 1.82) is 0 Å². The molecule has 0 aromatic heterocycles. The lowest BCUT2D eigenvalue weighted by Crippen LogP contribution is -2.29. The van der Waals surface area contributed by atoms with Crippen LogP contribution in [0, 0.1) is 0 Å². The summed E-state index contributed by atoms with van der Waals surface area (Å²) in [6, 6.07) is 6.69. The summed E-state index contributed by atoms with van der Waals surface area (Å²) in [5, 5.41) is 2.79. The predicted molar refractivity (Wildman–Crippen MR) is 106 cm³/mol. The number of benzene rings is 1. The molecule has 1 aromatic rings. The Kier molecular flexibility index (Phi) is 8.06. The van der Waals surface area contributed by atoms with Crippen molar-refractivity contribution in [2.75, 3.05) is 24.2 Å². The minimum Gasteiger partial charge on any atom is -0.462 e. The Morgan fingerprint density at radius 3 is 2.81 bits per heavy atom. The molecule has 0 saturated carbocycles. The molecule has 1 saturated heterocycles. The first-order valence-electron chi connectivity index (χ1n) is 8.55. The number of nitrogens with zero attached hydrogens (tertiary/aromatic N) is 1. The van der Waals surface area contributed by atoms with E-state index in [0.717, 1.165) is 19.3 Å². The number of rotatable bonds is 9. The third kappa shape index (κ3) is 6.10. The molecule has 1 fully saturated rings. The normalized spacial score (nSPS) is 13.8. The molecule has 0 aliphatic carbocycles. The number of carbonyl (C=O) groups excluding carboxylic acids is 3. The van der Waals surface area contributed by atoms with Gasteiger partial charge in [-0.25, -0.2) is 4.79 Å². The Morgan fingerprint density at radius 2 is 2.12 bits per heavy atom. The van der Waals surface area contributed by atoms with Gasteiger partial charge in [0.05, 0.1) is 17.9 Å². The number of nitrogens with one attached hydrogen (secondary N) is 1. The lowest BCUT2D eigenvalue weighted by atomic mass is 10.1. The van der Waals surface area contributed by atoms with Gasteiger partial charge in [0.25, 0.3) is 0 Å². The van der Waals surface area contributed by atoms with Crippen LogP contribution in [0.5, 0.6) is 0 Å². The number of hydrogen-bond acceptors (Lipinski definition) is 6. The van der Waals surface area contributed by atoms with Crippen molar-refractivity contribution < 1.29 is 19.1 Å². The van der Waals surface area contributed by atoms with Crippen LogP contribution in [-0.2, 0) is 14.3 Å². The van der Waals surface area contributed by atoms with Gasteiger partial charge in [0.15, 0.2) is 0 Å². The van der Waals surface area contributed by atoms with Crippen molar-refractivity contribution in [3.05, 3.63) is 29.8 Å². The summed E-state index contributed by atoms with van der Waals surface area (Å²) in [5.41, 5.74) is 0.986. The van der Waals surface area contributed by atoms with Gasteiger partial charge in [0.1, 0.15) is 4.32 Å². The standard InChI is InChI=1S/C18H22N2O4S2/c1-2-24-17(23)13-7-6-8-14(11-13)19-15(21)9-4-3-5-10-20-16(22)12-26-18(20)25/h6-8,11H,2-5,9-10,12H2,1H3,(H,19,21). The van der Waals surface area contributed by atoms with Crippen LogP contribution < -0.4 is 5.32 Å². The topological polar surface area (TPSA) is 75.7 Å². The molecule has 1 aromatic carbocycles. The number of ether oxygens (including phenoxy) is 1. The zero-order chi connectivity index (χ0) is 18.9. The highest BCUT2D eigenvalue weighted by atomic mass is 32.2. The Bertz CT molecular complexity index is 678. The van der Waals surface area contributed by atoms with Crippen LogP contribution in [0.4, 0.5) is 5.69 Å². The number of unbranched alkanes of at least 4 members (excludes halogenated alkanes) is 2. The Labute approximate surface area is 162 Å². The maximum absolute atomic E-state index is 12.0. The first kappa shape index (κ1) is 20.4. The second kappa shape index (κ2) is 10.3. The maximum atomic E-state index is 12.0. The van der Waals surface area contributed by atoms with E-state index in [1.807, 2.05) is 0 Å². The fraction of sp³-hybridized carbons (Fsp3) is 0.444. The van der Waals surface area contributed by atoms with Crippen LogP contribution in [-0.4, -0.2) is 45.9 Å². The van der Waals surface area contributed by atoms with E-state index in [4.69, 9.17) is 17.0 Å². The summed E-state index contributed by atoms with van der Waals surface area (Å²) in [6.45, 7) is 2.67. The van der Waals surface area contributed by atoms with E-state index in [-0.39, 0.29) is 11.8 Å². The molecule has 0 bridgehead atoms. The molecule has 6 nitrogen and oxygen atoms in total. The largest absolute Gasteiger partial charge is 0.462 e. The fourth-order valence-electron chi connectivity index (χ4n) is 2.49. The number of anilines is 1. The maximum Gasteiger partial charge on any atom is 0.338 e. The van der Waals surface area contributed by atoms with Crippen LogP contribution in [0.1, 0.15) is 43.0 Å². The molecule has 0 unspecified atom stereocenters. The highest BCUT2D eigenvalue weighted by molar-refractivity contribution is 8.23. The molecular formula is C18H22N2O4S2. The SMILES string of the molecule is CCOC(=O)c1cccc(NC(=O)CCCCCN2C(=O)CSC2=S)c1. The molecule has 8 heteroatoms. The molecule has 0 atom stereocenters. The van der Waals surface area contributed by atoms with Crippen LogP contribution in [0.3, 0.4) is 0 Å². The molecule has 1 heterocycles. The van der Waals surface area contributed by atoms with Crippen LogP contribution >= 0.6 is 24.0 Å². The van der Waals surface area contributed by atoms with E-state index in [1.165, 1.54) is 11.8 Å². The van der Waals surface area contributed by atoms with E-state index in [0.29, 0.717) is 40.9 Å². The Hall–Kier alpha value is -1.93. The quantitative estimate of drug-likeness (QED) is 0.394. The monoisotopic (exact) mass is 394 g/mol. The summed E-state index contributed by atoms with van der Waals surface area (Å²) in [7, 11) is 0. The van der Waals surface area contributed by atoms with Crippen molar-refractivity contribution in [2.45, 2.75) is 32.6 Å². The molecule has 1 aliphatic rings. The van der Waals surface area contributed by atoms with Gasteiger partial charge in [-0.1, -0.05) is 36.5 Å². The molecule has 0 spiro atoms. The molecule has 2 amide bonds. The summed E-state index contributed by atoms with van der Waals surface area (Å²) in [5.74, 6) is -0.00349. The molecule has 140 valence electrons. The number of esters is 1. The number of hydrogen-bond donors (Lipinski definition) is 1. The van der Waals surface area contributed by atoms with Crippen LogP contribution in [0.15, 0.2) is 24.3 Å². The Morgan fingerprint density at radius 1 is 1.31 bits per heavy atom. The molecule has 26 heavy (non-hydrogen) atoms. The van der Waals surface area contributed by atoms with Crippen LogP contribution in [0.25, 0.3) is 0 Å². The van der Waals surface area contributed by atoms with Gasteiger partial charge in [-0.2, -0.15) is 0 Å². The third-order valence-corrected chi connectivity index (χ3v) is 5.22. The van der Waals surface area contributed by atoms with Gasteiger partial charge in [-0.15, -0.1) is 0 Å². The summed E-state index contributed by atoms with van der Waals surface area (Å²) < 4.78 is 5.59. The van der Waals surface area contributed by atoms with Gasteiger partial charge in [-0.05, 0) is 38.0 Å². The van der Waals surface area contributed by atoms with Gasteiger partial charge >= 0.3 is 5.97 Å². The molecule has 0 radical (unpaired) electrons. The van der Waals surface area contributed by atoms with E-state index >= 15 is 0 Å². The van der Waals surface area contributed by atoms with E-state index < -0.39 is 5.97 Å². The summed E-state index contributed by atoms with van der Waals surface area (Å²) in [4.78, 5) is 37.0. The lowest BCUT2D eigenvalue weighted by molar-refractivity contribution is -0.124. The second-order valence-corrected chi connectivity index (χ2v) is 7.37. The van der Waals surface area contributed by atoms with Crippen molar-refractivity contribution in [3.8, 4) is 0 Å². The average molecular weight is 395 g/mol. The zero-order valence-corrected chi connectivity index (χ0v) is 16.3. The second-order valence-electron chi connectivity index (χ2n) is 5.76. The summed E-state index contributed by atoms with van der Waals surface area (Å²) in [6.07, 6.45) is 2.77. The van der Waals surface area contributed by atoms with E-state index in [9.17, 15) is 14.4 Å². The van der Waals surface area contributed by atoms with Gasteiger partial charge < -0.3 is 10.1 Å². The van der Waals surface area contributed by atoms with E-state index in [2.05, 4.69) is 5.32 Å². The molecule has 2 rings (SSSR count). The smallest absolute Gasteiger partial charge is 0.338 e. The minimum atomic E-state index is -0.406. The number of amides is 2. The van der Waals surface area contributed by atoms with Gasteiger partial charge in [-0.3, -0.25) is 14.5 Å². The van der Waals surface area contributed by atoms with Crippen molar-refractivity contribution >= 4 is 51.8 Å². The first-order chi connectivity index (χ1) is 12.5. The number of thioether (sulfide) groups is 1.